The maximum atomic E-state index is 5.80. The van der Waals surface area contributed by atoms with Crippen molar-refractivity contribution >= 4 is 44.7 Å². The second kappa shape index (κ2) is 4.67. The Morgan fingerprint density at radius 1 is 1.31 bits per heavy atom. The first-order valence-corrected chi connectivity index (χ1v) is 5.63. The molecule has 0 fully saturated rings. The maximum Gasteiger partial charge on any atom is 0.224 e. The van der Waals surface area contributed by atoms with E-state index in [-0.39, 0.29) is 5.28 Å². The van der Waals surface area contributed by atoms with E-state index in [1.807, 2.05) is 18.2 Å². The van der Waals surface area contributed by atoms with Gasteiger partial charge in [-0.1, -0.05) is 12.1 Å². The number of halogens is 2. The standard InChI is InChI=1S/C10H8BrClN4/c11-6-5-14-10(12)16-9(6)15-8-4-2-1-3-7(8)13/h1-5H,13H2,(H,14,15,16). The summed E-state index contributed by atoms with van der Waals surface area (Å²) >= 11 is 9.03. The third kappa shape index (κ3) is 2.43. The fourth-order valence-corrected chi connectivity index (χ4v) is 1.60. The molecule has 2 rings (SSSR count). The van der Waals surface area contributed by atoms with Gasteiger partial charge in [0.15, 0.2) is 0 Å². The zero-order valence-corrected chi connectivity index (χ0v) is 10.5. The summed E-state index contributed by atoms with van der Waals surface area (Å²) in [6, 6.07) is 7.41. The molecular weight excluding hydrogens is 291 g/mol. The molecule has 2 aromatic rings. The van der Waals surface area contributed by atoms with Gasteiger partial charge in [0.2, 0.25) is 5.28 Å². The monoisotopic (exact) mass is 298 g/mol. The highest BCUT2D eigenvalue weighted by Crippen LogP contribution is 2.26. The third-order valence-corrected chi connectivity index (χ3v) is 2.69. The Morgan fingerprint density at radius 2 is 2.06 bits per heavy atom. The van der Waals surface area contributed by atoms with E-state index in [1.54, 1.807) is 12.3 Å². The highest BCUT2D eigenvalue weighted by molar-refractivity contribution is 9.10. The summed E-state index contributed by atoms with van der Waals surface area (Å²) in [5.41, 5.74) is 7.22. The summed E-state index contributed by atoms with van der Waals surface area (Å²) in [6.45, 7) is 0. The quantitative estimate of drug-likeness (QED) is 0.660. The normalized spacial score (nSPS) is 10.1. The number of anilines is 3. The summed E-state index contributed by atoms with van der Waals surface area (Å²) in [4.78, 5) is 7.89. The molecule has 0 radical (unpaired) electrons. The van der Waals surface area contributed by atoms with E-state index in [2.05, 4.69) is 31.2 Å². The van der Waals surface area contributed by atoms with Crippen LogP contribution < -0.4 is 11.1 Å². The molecule has 0 amide bonds. The molecule has 0 spiro atoms. The molecule has 16 heavy (non-hydrogen) atoms. The molecular formula is C10H8BrClN4. The first kappa shape index (κ1) is 11.2. The fourth-order valence-electron chi connectivity index (χ4n) is 1.17. The lowest BCUT2D eigenvalue weighted by molar-refractivity contribution is 1.15. The molecule has 0 unspecified atom stereocenters. The van der Waals surface area contributed by atoms with Gasteiger partial charge in [0.1, 0.15) is 5.82 Å². The van der Waals surface area contributed by atoms with Crippen LogP contribution in [0.1, 0.15) is 0 Å². The molecule has 1 heterocycles. The summed E-state index contributed by atoms with van der Waals surface area (Å²) in [6.07, 6.45) is 1.58. The molecule has 0 saturated heterocycles. The van der Waals surface area contributed by atoms with Gasteiger partial charge >= 0.3 is 0 Å². The van der Waals surface area contributed by atoms with E-state index < -0.39 is 0 Å². The average molecular weight is 300 g/mol. The van der Waals surface area contributed by atoms with E-state index in [0.717, 1.165) is 10.2 Å². The number of nitrogens with two attached hydrogens (primary N) is 1. The van der Waals surface area contributed by atoms with Crippen LogP contribution in [0.4, 0.5) is 17.2 Å². The van der Waals surface area contributed by atoms with Crippen LogP contribution in [0.25, 0.3) is 0 Å². The average Bonchev–Trinajstić information content (AvgIpc) is 2.27. The Bertz CT molecular complexity index is 518. The lowest BCUT2D eigenvalue weighted by atomic mass is 10.3. The minimum Gasteiger partial charge on any atom is -0.397 e. The predicted octanol–water partition coefficient (Wildman–Crippen LogP) is 3.22. The molecule has 3 N–H and O–H groups in total. The van der Waals surface area contributed by atoms with Crippen LogP contribution in [-0.2, 0) is 0 Å². The highest BCUT2D eigenvalue weighted by atomic mass is 79.9. The highest BCUT2D eigenvalue weighted by Gasteiger charge is 2.05. The molecule has 0 bridgehead atoms. The number of rotatable bonds is 2. The Labute approximate surface area is 106 Å². The number of aromatic nitrogens is 2. The molecule has 82 valence electrons. The number of hydrogen-bond acceptors (Lipinski definition) is 4. The number of benzene rings is 1. The molecule has 6 heteroatoms. The molecule has 4 nitrogen and oxygen atoms in total. The van der Waals surface area contributed by atoms with Crippen LogP contribution in [0.15, 0.2) is 34.9 Å². The molecule has 0 aliphatic carbocycles. The van der Waals surface area contributed by atoms with Gasteiger partial charge in [-0.25, -0.2) is 4.98 Å². The van der Waals surface area contributed by atoms with Crippen molar-refractivity contribution in [1.29, 1.82) is 0 Å². The minimum absolute atomic E-state index is 0.181. The number of nitrogens with zero attached hydrogens (tertiary/aromatic N) is 2. The fraction of sp³-hybridized carbons (Fsp3) is 0. The third-order valence-electron chi connectivity index (χ3n) is 1.93. The van der Waals surface area contributed by atoms with Crippen LogP contribution in [0.2, 0.25) is 5.28 Å². The molecule has 0 atom stereocenters. The summed E-state index contributed by atoms with van der Waals surface area (Å²) in [5.74, 6) is 0.581. The number of para-hydroxylation sites is 2. The number of nitrogens with one attached hydrogen (secondary N) is 1. The molecule has 1 aromatic carbocycles. The molecule has 0 saturated carbocycles. The summed E-state index contributed by atoms with van der Waals surface area (Å²) < 4.78 is 0.722. The van der Waals surface area contributed by atoms with Crippen molar-refractivity contribution in [3.8, 4) is 0 Å². The van der Waals surface area contributed by atoms with Crippen LogP contribution in [0.5, 0.6) is 0 Å². The van der Waals surface area contributed by atoms with Crippen molar-refractivity contribution in [1.82, 2.24) is 9.97 Å². The van der Waals surface area contributed by atoms with Crippen molar-refractivity contribution in [3.05, 3.63) is 40.2 Å². The SMILES string of the molecule is Nc1ccccc1Nc1nc(Cl)ncc1Br. The van der Waals surface area contributed by atoms with Crippen molar-refractivity contribution in [3.63, 3.8) is 0 Å². The Balaban J connectivity index is 2.34. The Hall–Kier alpha value is -1.33. The largest absolute Gasteiger partial charge is 0.397 e. The Kier molecular flexibility index (Phi) is 3.26. The van der Waals surface area contributed by atoms with E-state index in [4.69, 9.17) is 17.3 Å². The smallest absolute Gasteiger partial charge is 0.224 e. The zero-order valence-electron chi connectivity index (χ0n) is 8.11. The van der Waals surface area contributed by atoms with Crippen molar-refractivity contribution in [2.24, 2.45) is 0 Å². The van der Waals surface area contributed by atoms with Crippen molar-refractivity contribution < 1.29 is 0 Å². The van der Waals surface area contributed by atoms with Crippen LogP contribution in [0.3, 0.4) is 0 Å². The summed E-state index contributed by atoms with van der Waals surface area (Å²) in [5, 5.41) is 3.25. The van der Waals surface area contributed by atoms with Crippen molar-refractivity contribution in [2.45, 2.75) is 0 Å². The zero-order chi connectivity index (χ0) is 11.5. The summed E-state index contributed by atoms with van der Waals surface area (Å²) in [7, 11) is 0. The van der Waals surface area contributed by atoms with Gasteiger partial charge in [0.25, 0.3) is 0 Å². The van der Waals surface area contributed by atoms with E-state index in [1.165, 1.54) is 0 Å². The molecule has 1 aromatic heterocycles. The van der Waals surface area contributed by atoms with E-state index in [9.17, 15) is 0 Å². The van der Waals surface area contributed by atoms with Gasteiger partial charge in [-0.3, -0.25) is 0 Å². The topological polar surface area (TPSA) is 63.8 Å². The van der Waals surface area contributed by atoms with Crippen LogP contribution in [-0.4, -0.2) is 9.97 Å². The number of hydrogen-bond donors (Lipinski definition) is 2. The lowest BCUT2D eigenvalue weighted by Crippen LogP contribution is -1.99. The maximum absolute atomic E-state index is 5.80. The van der Waals surface area contributed by atoms with Gasteiger partial charge in [-0.15, -0.1) is 0 Å². The van der Waals surface area contributed by atoms with Crippen LogP contribution >= 0.6 is 27.5 Å². The van der Waals surface area contributed by atoms with Gasteiger partial charge in [0.05, 0.1) is 15.8 Å². The first-order valence-electron chi connectivity index (χ1n) is 4.46. The lowest BCUT2D eigenvalue weighted by Gasteiger charge is -2.09. The Morgan fingerprint density at radius 3 is 2.81 bits per heavy atom. The minimum atomic E-state index is 0.181. The van der Waals surface area contributed by atoms with Crippen molar-refractivity contribution in [2.75, 3.05) is 11.1 Å². The predicted molar refractivity (Wildman–Crippen MR) is 68.9 cm³/mol. The van der Waals surface area contributed by atoms with Gasteiger partial charge in [0, 0.05) is 6.20 Å². The van der Waals surface area contributed by atoms with Gasteiger partial charge < -0.3 is 11.1 Å². The second-order valence-corrected chi connectivity index (χ2v) is 4.24. The molecule has 0 aliphatic rings. The molecule has 0 aliphatic heterocycles. The second-order valence-electron chi connectivity index (χ2n) is 3.05. The van der Waals surface area contributed by atoms with Crippen LogP contribution in [0, 0.1) is 0 Å². The number of nitrogen functional groups attached to an aromatic ring is 1. The van der Waals surface area contributed by atoms with Gasteiger partial charge in [-0.05, 0) is 39.7 Å². The van der Waals surface area contributed by atoms with E-state index in [0.29, 0.717) is 11.5 Å². The van der Waals surface area contributed by atoms with E-state index >= 15 is 0 Å². The first-order chi connectivity index (χ1) is 7.66. The van der Waals surface area contributed by atoms with Gasteiger partial charge in [-0.2, -0.15) is 4.98 Å².